The van der Waals surface area contributed by atoms with Crippen molar-refractivity contribution in [3.8, 4) is 11.5 Å². The number of hydrogen-bond acceptors (Lipinski definition) is 7. The van der Waals surface area contributed by atoms with Crippen LogP contribution in [0.1, 0.15) is 35.8 Å². The van der Waals surface area contributed by atoms with Crippen molar-refractivity contribution >= 4 is 35.7 Å². The molecule has 4 rings (SSSR count). The summed E-state index contributed by atoms with van der Waals surface area (Å²) < 4.78 is 30.0. The molecule has 0 bridgehead atoms. The van der Waals surface area contributed by atoms with E-state index in [2.05, 4.69) is 10.3 Å². The smallest absolute Gasteiger partial charge is 0.496 e. The summed E-state index contributed by atoms with van der Waals surface area (Å²) in [6.07, 6.45) is 4.73. The number of hydrogen-bond donors (Lipinski definition) is 3. The summed E-state index contributed by atoms with van der Waals surface area (Å²) in [5.74, 6) is 0.384. The summed E-state index contributed by atoms with van der Waals surface area (Å²) in [7, 11) is 1.07. The van der Waals surface area contributed by atoms with Gasteiger partial charge in [0.05, 0.1) is 38.8 Å². The fourth-order valence-electron chi connectivity index (χ4n) is 4.18. The van der Waals surface area contributed by atoms with Gasteiger partial charge >= 0.3 is 7.12 Å². The van der Waals surface area contributed by atoms with Crippen molar-refractivity contribution in [1.82, 2.24) is 10.3 Å². The maximum atomic E-state index is 14.2. The van der Waals surface area contributed by atoms with Gasteiger partial charge in [-0.1, -0.05) is 6.07 Å². The van der Waals surface area contributed by atoms with Crippen LogP contribution in [-0.2, 0) is 11.3 Å². The van der Waals surface area contributed by atoms with E-state index in [1.807, 2.05) is 13.0 Å². The van der Waals surface area contributed by atoms with Gasteiger partial charge in [-0.15, -0.1) is 0 Å². The van der Waals surface area contributed by atoms with Gasteiger partial charge in [0.15, 0.2) is 6.39 Å². The Morgan fingerprint density at radius 2 is 1.89 bits per heavy atom. The Balaban J connectivity index is 1.72. The van der Waals surface area contributed by atoms with Crippen LogP contribution in [0.5, 0.6) is 11.5 Å². The van der Waals surface area contributed by atoms with Gasteiger partial charge in [0.2, 0.25) is 5.91 Å². The van der Waals surface area contributed by atoms with Gasteiger partial charge in [-0.05, 0) is 70.7 Å². The first-order chi connectivity index (χ1) is 16.8. The van der Waals surface area contributed by atoms with Gasteiger partial charge in [0, 0.05) is 0 Å². The van der Waals surface area contributed by atoms with Crippen molar-refractivity contribution in [2.75, 3.05) is 14.2 Å². The predicted molar refractivity (Wildman–Crippen MR) is 129 cm³/mol. The zero-order valence-corrected chi connectivity index (χ0v) is 19.5. The average molecular weight is 478 g/mol. The second-order valence-electron chi connectivity index (χ2n) is 7.99. The molecule has 10 heteroatoms. The van der Waals surface area contributed by atoms with Crippen LogP contribution < -0.4 is 20.3 Å². The lowest BCUT2D eigenvalue weighted by Gasteiger charge is -2.14. The van der Waals surface area contributed by atoms with Crippen molar-refractivity contribution in [1.29, 1.82) is 0 Å². The summed E-state index contributed by atoms with van der Waals surface area (Å²) in [6.45, 7) is 2.08. The monoisotopic (exact) mass is 478 g/mol. The Bertz CT molecular complexity index is 1290. The molecule has 0 atom stereocenters. The number of aromatic nitrogens is 1. The van der Waals surface area contributed by atoms with Crippen LogP contribution in [0.25, 0.3) is 17.2 Å². The number of fused-ring (bicyclic) bond motifs is 1. The zero-order chi connectivity index (χ0) is 25.1. The lowest BCUT2D eigenvalue weighted by atomic mass is 9.78. The second kappa shape index (κ2) is 10.2. The summed E-state index contributed by atoms with van der Waals surface area (Å²) in [4.78, 5) is 16.5. The van der Waals surface area contributed by atoms with Crippen molar-refractivity contribution in [3.63, 3.8) is 0 Å². The molecule has 3 N–H and O–H groups in total. The fourth-order valence-corrected chi connectivity index (χ4v) is 4.18. The first-order valence-electron chi connectivity index (χ1n) is 10.8. The third-order valence-corrected chi connectivity index (χ3v) is 5.87. The molecule has 1 amide bonds. The predicted octanol–water partition coefficient (Wildman–Crippen LogP) is 2.54. The van der Waals surface area contributed by atoms with Crippen molar-refractivity contribution in [2.24, 2.45) is 0 Å². The topological polar surface area (TPSA) is 114 Å². The van der Waals surface area contributed by atoms with Crippen LogP contribution in [0, 0.1) is 5.82 Å². The van der Waals surface area contributed by atoms with Crippen LogP contribution in [0.15, 0.2) is 52.9 Å². The Kier molecular flexibility index (Phi) is 7.04. The number of allylic oxidation sites excluding steroid dienone is 2. The molecule has 1 aliphatic carbocycles. The first kappa shape index (κ1) is 24.2. The molecule has 0 unspecified atom stereocenters. The maximum Gasteiger partial charge on any atom is 0.496 e. The number of carbonyl (C=O) groups excluding carboxylic acids is 1. The first-order valence-corrected chi connectivity index (χ1v) is 10.8. The number of benzene rings is 2. The minimum absolute atomic E-state index is 0.0516. The minimum atomic E-state index is -1.78. The third kappa shape index (κ3) is 4.98. The number of oxazole rings is 1. The third-order valence-electron chi connectivity index (χ3n) is 5.87. The minimum Gasteiger partial charge on any atom is -0.497 e. The molecule has 0 aliphatic heterocycles. The van der Waals surface area contributed by atoms with Crippen LogP contribution in [-0.4, -0.2) is 42.3 Å². The molecule has 0 spiro atoms. The molecule has 2 aromatic carbocycles. The fraction of sp³-hybridized carbons (Fsp3) is 0.200. The number of methoxy groups -OCH3 is 2. The van der Waals surface area contributed by atoms with E-state index in [1.54, 1.807) is 18.2 Å². The standard InChI is InChI=1S/C25H24BFN2O6/c1-14-19(6-15-7-22(33-2)25(26(31)32)23(8-15)34-3)18-5-4-16(27)9-21(18)20(14)10-24(30)29-12-17-11-28-13-35-17/h4-9,11,13,31-32H,10,12H2,1-3H3,(H,29,30)/b19-6-. The molecule has 180 valence electrons. The molecule has 3 aromatic rings. The lowest BCUT2D eigenvalue weighted by Crippen LogP contribution is -2.32. The van der Waals surface area contributed by atoms with Crippen molar-refractivity contribution in [2.45, 2.75) is 19.9 Å². The highest BCUT2D eigenvalue weighted by Gasteiger charge is 2.27. The van der Waals surface area contributed by atoms with Gasteiger partial charge in [-0.3, -0.25) is 4.79 Å². The second-order valence-corrected chi connectivity index (χ2v) is 7.99. The lowest BCUT2D eigenvalue weighted by molar-refractivity contribution is -0.120. The summed E-state index contributed by atoms with van der Waals surface area (Å²) in [6, 6.07) is 7.79. The molecular weight excluding hydrogens is 454 g/mol. The number of nitrogens with one attached hydrogen (secondary N) is 1. The number of amides is 1. The molecule has 1 heterocycles. The summed E-state index contributed by atoms with van der Waals surface area (Å²) >= 11 is 0. The molecular formula is C25H24BFN2O6. The molecule has 1 aromatic heterocycles. The van der Waals surface area contributed by atoms with Gasteiger partial charge in [0.1, 0.15) is 23.1 Å². The Morgan fingerprint density at radius 3 is 2.49 bits per heavy atom. The SMILES string of the molecule is COc1cc(/C=C2/C(C)=C(CC(=O)NCc3cnco3)c3cc(F)ccc32)cc(OC)c1B(O)O. The molecule has 0 radical (unpaired) electrons. The zero-order valence-electron chi connectivity index (χ0n) is 19.5. The number of halogens is 1. The molecule has 0 saturated carbocycles. The van der Waals surface area contributed by atoms with Gasteiger partial charge < -0.3 is 29.3 Å². The quantitative estimate of drug-likeness (QED) is 0.427. The number of ether oxygens (including phenoxy) is 2. The van der Waals surface area contributed by atoms with Crippen LogP contribution >= 0.6 is 0 Å². The normalized spacial score (nSPS) is 13.7. The largest absolute Gasteiger partial charge is 0.497 e. The highest BCUT2D eigenvalue weighted by molar-refractivity contribution is 6.61. The summed E-state index contributed by atoms with van der Waals surface area (Å²) in [5.41, 5.74) is 4.55. The molecule has 0 saturated heterocycles. The highest BCUT2D eigenvalue weighted by atomic mass is 19.1. The number of nitrogens with zero attached hydrogens (tertiary/aromatic N) is 1. The van der Waals surface area contributed by atoms with E-state index in [9.17, 15) is 19.2 Å². The summed E-state index contributed by atoms with van der Waals surface area (Å²) in [5, 5.41) is 22.3. The van der Waals surface area contributed by atoms with Gasteiger partial charge in [0.25, 0.3) is 0 Å². The van der Waals surface area contributed by atoms with E-state index in [0.29, 0.717) is 22.5 Å². The molecule has 8 nitrogen and oxygen atoms in total. The van der Waals surface area contributed by atoms with Crippen LogP contribution in [0.4, 0.5) is 4.39 Å². The molecule has 1 aliphatic rings. The van der Waals surface area contributed by atoms with E-state index in [4.69, 9.17) is 13.9 Å². The Hall–Kier alpha value is -3.89. The van der Waals surface area contributed by atoms with Crippen LogP contribution in [0.2, 0.25) is 0 Å². The average Bonchev–Trinajstić information content (AvgIpc) is 3.44. The molecule has 0 fully saturated rings. The van der Waals surface area contributed by atoms with Crippen LogP contribution in [0.3, 0.4) is 0 Å². The van der Waals surface area contributed by atoms with Crippen molar-refractivity contribution < 1.29 is 33.1 Å². The van der Waals surface area contributed by atoms with E-state index < -0.39 is 12.9 Å². The Morgan fingerprint density at radius 1 is 1.17 bits per heavy atom. The van der Waals surface area contributed by atoms with Crippen molar-refractivity contribution in [3.05, 3.63) is 76.8 Å². The maximum absolute atomic E-state index is 14.2. The Labute approximate surface area is 201 Å². The number of carbonyl (C=O) groups is 1. The highest BCUT2D eigenvalue weighted by Crippen LogP contribution is 2.44. The molecule has 35 heavy (non-hydrogen) atoms. The number of rotatable bonds is 8. The van der Waals surface area contributed by atoms with E-state index in [0.717, 1.165) is 16.7 Å². The van der Waals surface area contributed by atoms with E-state index >= 15 is 0 Å². The van der Waals surface area contributed by atoms with Gasteiger partial charge in [-0.2, -0.15) is 0 Å². The van der Waals surface area contributed by atoms with Gasteiger partial charge in [-0.25, -0.2) is 9.37 Å². The van der Waals surface area contributed by atoms with E-state index in [1.165, 1.54) is 38.9 Å². The van der Waals surface area contributed by atoms with E-state index in [-0.39, 0.29) is 35.8 Å².